The molecule has 1 N–H and O–H groups in total. The second kappa shape index (κ2) is 6.20. The molecule has 0 bridgehead atoms. The van der Waals surface area contributed by atoms with Crippen LogP contribution in [0.25, 0.3) is 0 Å². The molecule has 0 unspecified atom stereocenters. The van der Waals surface area contributed by atoms with Gasteiger partial charge >= 0.3 is 0 Å². The molecule has 0 amide bonds. The average Bonchev–Trinajstić information content (AvgIpc) is 2.37. The summed E-state index contributed by atoms with van der Waals surface area (Å²) in [5.41, 5.74) is 2.91. The monoisotopic (exact) mass is 232 g/mol. The molecule has 0 atom stereocenters. The Labute approximate surface area is 105 Å². The van der Waals surface area contributed by atoms with Gasteiger partial charge in [-0.1, -0.05) is 44.0 Å². The lowest BCUT2D eigenvalue weighted by molar-refractivity contribution is 0.288. The molecule has 1 heteroatoms. The van der Waals surface area contributed by atoms with Gasteiger partial charge in [-0.05, 0) is 48.6 Å². The predicted molar refractivity (Wildman–Crippen MR) is 72.2 cm³/mol. The van der Waals surface area contributed by atoms with Gasteiger partial charge in [-0.3, -0.25) is 0 Å². The maximum absolute atomic E-state index is 8.87. The van der Waals surface area contributed by atoms with Crippen molar-refractivity contribution in [2.24, 2.45) is 5.92 Å². The third-order valence-corrected chi connectivity index (χ3v) is 4.06. The minimum atomic E-state index is 0.297. The molecular weight excluding hydrogens is 208 g/mol. The second-order valence-corrected chi connectivity index (χ2v) is 5.53. The van der Waals surface area contributed by atoms with E-state index in [1.807, 2.05) is 0 Å². The van der Waals surface area contributed by atoms with Crippen molar-refractivity contribution in [1.29, 1.82) is 0 Å². The third kappa shape index (κ3) is 3.57. The van der Waals surface area contributed by atoms with Crippen LogP contribution in [0.15, 0.2) is 24.3 Å². The van der Waals surface area contributed by atoms with Gasteiger partial charge in [0.1, 0.15) is 0 Å². The number of benzene rings is 1. The lowest BCUT2D eigenvalue weighted by Gasteiger charge is -2.26. The summed E-state index contributed by atoms with van der Waals surface area (Å²) in [6.45, 7) is 2.67. The van der Waals surface area contributed by atoms with E-state index in [-0.39, 0.29) is 0 Å². The highest BCUT2D eigenvalue weighted by molar-refractivity contribution is 5.27. The fourth-order valence-corrected chi connectivity index (χ4v) is 2.88. The van der Waals surface area contributed by atoms with Crippen LogP contribution in [0.1, 0.15) is 56.1 Å². The molecule has 0 aromatic heterocycles. The molecule has 0 aliphatic heterocycles. The first-order chi connectivity index (χ1) is 8.29. The SMILES string of the molecule is CC1CCC(c2cccc(CCCO)c2)CC1. The van der Waals surface area contributed by atoms with Crippen LogP contribution in [-0.4, -0.2) is 11.7 Å². The zero-order chi connectivity index (χ0) is 12.1. The summed E-state index contributed by atoms with van der Waals surface area (Å²) in [7, 11) is 0. The Bertz CT molecular complexity index is 337. The molecule has 2 rings (SSSR count). The van der Waals surface area contributed by atoms with Crippen molar-refractivity contribution >= 4 is 0 Å². The molecule has 1 aromatic carbocycles. The van der Waals surface area contributed by atoms with Gasteiger partial charge in [0.2, 0.25) is 0 Å². The van der Waals surface area contributed by atoms with Gasteiger partial charge in [0, 0.05) is 6.61 Å². The van der Waals surface area contributed by atoms with E-state index >= 15 is 0 Å². The highest BCUT2D eigenvalue weighted by Gasteiger charge is 2.19. The summed E-state index contributed by atoms with van der Waals surface area (Å²) in [5, 5.41) is 8.87. The molecule has 1 aromatic rings. The van der Waals surface area contributed by atoms with Crippen LogP contribution in [0.2, 0.25) is 0 Å². The van der Waals surface area contributed by atoms with Gasteiger partial charge in [-0.2, -0.15) is 0 Å². The predicted octanol–water partition coefficient (Wildman–Crippen LogP) is 3.91. The molecule has 1 aliphatic carbocycles. The normalized spacial score (nSPS) is 24.8. The summed E-state index contributed by atoms with van der Waals surface area (Å²) in [4.78, 5) is 0. The first kappa shape index (κ1) is 12.6. The van der Waals surface area contributed by atoms with Crippen LogP contribution < -0.4 is 0 Å². The van der Waals surface area contributed by atoms with Gasteiger partial charge in [0.15, 0.2) is 0 Å². The van der Waals surface area contributed by atoms with E-state index < -0.39 is 0 Å². The van der Waals surface area contributed by atoms with Gasteiger partial charge in [-0.25, -0.2) is 0 Å². The van der Waals surface area contributed by atoms with Crippen LogP contribution in [0.4, 0.5) is 0 Å². The maximum atomic E-state index is 8.87. The number of hydrogen-bond acceptors (Lipinski definition) is 1. The van der Waals surface area contributed by atoms with Crippen molar-refractivity contribution in [2.45, 2.75) is 51.4 Å². The van der Waals surface area contributed by atoms with E-state index in [0.717, 1.165) is 24.7 Å². The molecule has 0 saturated heterocycles. The van der Waals surface area contributed by atoms with Crippen LogP contribution in [0, 0.1) is 5.92 Å². The van der Waals surface area contributed by atoms with Crippen LogP contribution >= 0.6 is 0 Å². The lowest BCUT2D eigenvalue weighted by atomic mass is 9.79. The number of aliphatic hydroxyl groups is 1. The summed E-state index contributed by atoms with van der Waals surface area (Å²) in [6.07, 6.45) is 7.35. The van der Waals surface area contributed by atoms with E-state index in [1.165, 1.54) is 36.8 Å². The average molecular weight is 232 g/mol. The molecule has 0 heterocycles. The molecule has 0 radical (unpaired) electrons. The number of aryl methyl sites for hydroxylation is 1. The Balaban J connectivity index is 2.00. The third-order valence-electron chi connectivity index (χ3n) is 4.06. The van der Waals surface area contributed by atoms with Crippen molar-refractivity contribution in [1.82, 2.24) is 0 Å². The smallest absolute Gasteiger partial charge is 0.0434 e. The molecule has 1 fully saturated rings. The van der Waals surface area contributed by atoms with E-state index in [9.17, 15) is 0 Å². The zero-order valence-corrected chi connectivity index (χ0v) is 10.9. The molecule has 1 saturated carbocycles. The Morgan fingerprint density at radius 3 is 2.65 bits per heavy atom. The Hall–Kier alpha value is -0.820. The molecule has 17 heavy (non-hydrogen) atoms. The van der Waals surface area contributed by atoms with E-state index in [1.54, 1.807) is 0 Å². The van der Waals surface area contributed by atoms with Crippen molar-refractivity contribution in [3.05, 3.63) is 35.4 Å². The Morgan fingerprint density at radius 1 is 1.18 bits per heavy atom. The van der Waals surface area contributed by atoms with E-state index in [4.69, 9.17) is 5.11 Å². The van der Waals surface area contributed by atoms with E-state index in [0.29, 0.717) is 6.61 Å². The number of rotatable bonds is 4. The van der Waals surface area contributed by atoms with Crippen LogP contribution in [-0.2, 0) is 6.42 Å². The highest BCUT2D eigenvalue weighted by atomic mass is 16.2. The van der Waals surface area contributed by atoms with E-state index in [2.05, 4.69) is 31.2 Å². The molecular formula is C16H24O. The summed E-state index contributed by atoms with van der Waals surface area (Å²) >= 11 is 0. The minimum Gasteiger partial charge on any atom is -0.396 e. The summed E-state index contributed by atoms with van der Waals surface area (Å²) in [5.74, 6) is 1.70. The molecule has 1 aliphatic rings. The fraction of sp³-hybridized carbons (Fsp3) is 0.625. The van der Waals surface area contributed by atoms with Gasteiger partial charge in [-0.15, -0.1) is 0 Å². The molecule has 1 nitrogen and oxygen atoms in total. The first-order valence-electron chi connectivity index (χ1n) is 6.99. The summed E-state index contributed by atoms with van der Waals surface area (Å²) < 4.78 is 0. The lowest BCUT2D eigenvalue weighted by Crippen LogP contribution is -2.11. The quantitative estimate of drug-likeness (QED) is 0.834. The fourth-order valence-electron chi connectivity index (χ4n) is 2.88. The van der Waals surface area contributed by atoms with Crippen LogP contribution in [0.5, 0.6) is 0 Å². The van der Waals surface area contributed by atoms with Crippen LogP contribution in [0.3, 0.4) is 0 Å². The van der Waals surface area contributed by atoms with Gasteiger partial charge < -0.3 is 5.11 Å². The minimum absolute atomic E-state index is 0.297. The maximum Gasteiger partial charge on any atom is 0.0434 e. The van der Waals surface area contributed by atoms with Gasteiger partial charge in [0.05, 0.1) is 0 Å². The zero-order valence-electron chi connectivity index (χ0n) is 10.9. The van der Waals surface area contributed by atoms with Crippen molar-refractivity contribution in [2.75, 3.05) is 6.61 Å². The number of aliphatic hydroxyl groups excluding tert-OH is 1. The first-order valence-corrected chi connectivity index (χ1v) is 6.99. The van der Waals surface area contributed by atoms with Crippen molar-refractivity contribution in [3.63, 3.8) is 0 Å². The largest absolute Gasteiger partial charge is 0.396 e. The standard InChI is InChI=1S/C16H24O/c1-13-7-9-15(10-8-13)16-6-2-4-14(12-16)5-3-11-17/h2,4,6,12-13,15,17H,3,5,7-11H2,1H3. The van der Waals surface area contributed by atoms with Crippen molar-refractivity contribution < 1.29 is 5.11 Å². The van der Waals surface area contributed by atoms with Crippen molar-refractivity contribution in [3.8, 4) is 0 Å². The molecule has 94 valence electrons. The van der Waals surface area contributed by atoms with Gasteiger partial charge in [0.25, 0.3) is 0 Å². The molecule has 0 spiro atoms. The topological polar surface area (TPSA) is 20.2 Å². The Kier molecular flexibility index (Phi) is 4.61. The Morgan fingerprint density at radius 2 is 1.94 bits per heavy atom. The second-order valence-electron chi connectivity index (χ2n) is 5.53. The number of hydrogen-bond donors (Lipinski definition) is 1. The highest BCUT2D eigenvalue weighted by Crippen LogP contribution is 2.35. The summed E-state index contributed by atoms with van der Waals surface area (Å²) in [6, 6.07) is 9.00.